The molecule has 3 rings (SSSR count). The van der Waals surface area contributed by atoms with Crippen LogP contribution >= 0.6 is 39.0 Å². The molecule has 2 aromatic rings. The second-order valence-corrected chi connectivity index (χ2v) is 7.85. The Bertz CT molecular complexity index is 849. The number of amides is 3. The average Bonchev–Trinajstić information content (AvgIpc) is 3.19. The van der Waals surface area contributed by atoms with Crippen molar-refractivity contribution in [3.05, 3.63) is 61.6 Å². The number of hydrogen-bond acceptors (Lipinski definition) is 5. The third-order valence-corrected chi connectivity index (χ3v) is 5.51. The first-order valence-corrected chi connectivity index (χ1v) is 9.91. The second kappa shape index (κ2) is 7.99. The molecule has 0 bridgehead atoms. The molecule has 0 unspecified atom stereocenters. The van der Waals surface area contributed by atoms with Gasteiger partial charge in [-0.05, 0) is 47.0 Å². The molecule has 25 heavy (non-hydrogen) atoms. The number of carbonyl (C=O) groups excluding carboxylic acids is 3. The average molecular weight is 437 g/mol. The van der Waals surface area contributed by atoms with E-state index in [2.05, 4.69) is 21.2 Å². The van der Waals surface area contributed by atoms with Crippen molar-refractivity contribution in [2.24, 2.45) is 0 Å². The highest BCUT2D eigenvalue weighted by Crippen LogP contribution is 2.32. The van der Waals surface area contributed by atoms with Crippen LogP contribution in [0.15, 0.2) is 50.5 Å². The number of halogens is 1. The number of thioether (sulfide) groups is 1. The highest BCUT2D eigenvalue weighted by atomic mass is 79.9. The van der Waals surface area contributed by atoms with Crippen LogP contribution in [-0.4, -0.2) is 35.0 Å². The SMILES string of the molecule is O=C(NCCN1C(=O)S/C(=C\c2cccc(Br)c2)C1=O)c1ccsc1. The van der Waals surface area contributed by atoms with Gasteiger partial charge in [0.1, 0.15) is 0 Å². The molecular weight excluding hydrogens is 424 g/mol. The molecule has 0 atom stereocenters. The van der Waals surface area contributed by atoms with E-state index in [-0.39, 0.29) is 30.1 Å². The van der Waals surface area contributed by atoms with Gasteiger partial charge in [-0.15, -0.1) is 0 Å². The van der Waals surface area contributed by atoms with Crippen LogP contribution in [0.5, 0.6) is 0 Å². The fourth-order valence-electron chi connectivity index (χ4n) is 2.22. The smallest absolute Gasteiger partial charge is 0.293 e. The lowest BCUT2D eigenvalue weighted by Gasteiger charge is -2.12. The van der Waals surface area contributed by atoms with Crippen molar-refractivity contribution < 1.29 is 14.4 Å². The summed E-state index contributed by atoms with van der Waals surface area (Å²) in [6, 6.07) is 9.20. The van der Waals surface area contributed by atoms with E-state index >= 15 is 0 Å². The van der Waals surface area contributed by atoms with E-state index in [9.17, 15) is 14.4 Å². The van der Waals surface area contributed by atoms with E-state index in [1.807, 2.05) is 29.6 Å². The van der Waals surface area contributed by atoms with E-state index in [1.54, 1.807) is 17.5 Å². The summed E-state index contributed by atoms with van der Waals surface area (Å²) in [6.45, 7) is 0.368. The molecule has 1 fully saturated rings. The number of rotatable bonds is 5. The molecule has 128 valence electrons. The van der Waals surface area contributed by atoms with Crippen LogP contribution in [-0.2, 0) is 4.79 Å². The van der Waals surface area contributed by atoms with Gasteiger partial charge in [-0.3, -0.25) is 19.3 Å². The number of nitrogens with one attached hydrogen (secondary N) is 1. The molecule has 1 aromatic heterocycles. The van der Waals surface area contributed by atoms with Crippen LogP contribution in [0.1, 0.15) is 15.9 Å². The molecule has 0 aliphatic carbocycles. The molecule has 1 saturated heterocycles. The first-order chi connectivity index (χ1) is 12.0. The van der Waals surface area contributed by atoms with Gasteiger partial charge in [0.05, 0.1) is 4.91 Å². The number of benzene rings is 1. The lowest BCUT2D eigenvalue weighted by molar-refractivity contribution is -0.122. The third-order valence-electron chi connectivity index (χ3n) is 3.42. The van der Waals surface area contributed by atoms with Crippen LogP contribution in [0.25, 0.3) is 6.08 Å². The lowest BCUT2D eigenvalue weighted by Crippen LogP contribution is -2.37. The topological polar surface area (TPSA) is 66.5 Å². The van der Waals surface area contributed by atoms with Crippen molar-refractivity contribution in [2.45, 2.75) is 0 Å². The maximum atomic E-state index is 12.4. The Morgan fingerprint density at radius 3 is 2.84 bits per heavy atom. The quantitative estimate of drug-likeness (QED) is 0.719. The number of carbonyl (C=O) groups is 3. The molecule has 3 amide bonds. The van der Waals surface area contributed by atoms with Crippen molar-refractivity contribution in [1.82, 2.24) is 10.2 Å². The summed E-state index contributed by atoms with van der Waals surface area (Å²) in [6.07, 6.45) is 1.69. The van der Waals surface area contributed by atoms with Crippen LogP contribution in [0, 0.1) is 0 Å². The van der Waals surface area contributed by atoms with E-state index < -0.39 is 0 Å². The zero-order valence-electron chi connectivity index (χ0n) is 12.9. The van der Waals surface area contributed by atoms with Gasteiger partial charge < -0.3 is 5.32 Å². The molecule has 1 aliphatic rings. The summed E-state index contributed by atoms with van der Waals surface area (Å²) < 4.78 is 0.900. The lowest BCUT2D eigenvalue weighted by atomic mass is 10.2. The van der Waals surface area contributed by atoms with E-state index in [1.165, 1.54) is 11.3 Å². The summed E-state index contributed by atoms with van der Waals surface area (Å²) >= 11 is 5.72. The first kappa shape index (κ1) is 17.9. The predicted octanol–water partition coefficient (Wildman–Crippen LogP) is 3.98. The van der Waals surface area contributed by atoms with Crippen LogP contribution in [0.4, 0.5) is 4.79 Å². The van der Waals surface area contributed by atoms with E-state index in [4.69, 9.17) is 0 Å². The van der Waals surface area contributed by atoms with Crippen LogP contribution in [0.3, 0.4) is 0 Å². The maximum Gasteiger partial charge on any atom is 0.293 e. The minimum absolute atomic E-state index is 0.149. The number of nitrogens with zero attached hydrogens (tertiary/aromatic N) is 1. The molecule has 2 heterocycles. The Kier molecular flexibility index (Phi) is 5.72. The molecule has 0 radical (unpaired) electrons. The Morgan fingerprint density at radius 1 is 1.28 bits per heavy atom. The molecule has 5 nitrogen and oxygen atoms in total. The molecule has 0 saturated carbocycles. The fraction of sp³-hybridized carbons (Fsp3) is 0.118. The van der Waals surface area contributed by atoms with Gasteiger partial charge >= 0.3 is 0 Å². The van der Waals surface area contributed by atoms with Gasteiger partial charge in [-0.2, -0.15) is 11.3 Å². The normalized spacial score (nSPS) is 15.9. The maximum absolute atomic E-state index is 12.4. The summed E-state index contributed by atoms with van der Waals surface area (Å²) in [4.78, 5) is 37.9. The van der Waals surface area contributed by atoms with Crippen molar-refractivity contribution in [2.75, 3.05) is 13.1 Å². The van der Waals surface area contributed by atoms with Gasteiger partial charge in [-0.1, -0.05) is 28.1 Å². The second-order valence-electron chi connectivity index (χ2n) is 5.16. The highest BCUT2D eigenvalue weighted by molar-refractivity contribution is 9.10. The van der Waals surface area contributed by atoms with Gasteiger partial charge in [0.15, 0.2) is 0 Å². The predicted molar refractivity (Wildman–Crippen MR) is 103 cm³/mol. The number of hydrogen-bond donors (Lipinski definition) is 1. The molecule has 0 spiro atoms. The van der Waals surface area contributed by atoms with Crippen molar-refractivity contribution >= 4 is 62.2 Å². The highest BCUT2D eigenvalue weighted by Gasteiger charge is 2.34. The zero-order chi connectivity index (χ0) is 17.8. The largest absolute Gasteiger partial charge is 0.350 e. The Balaban J connectivity index is 1.60. The van der Waals surface area contributed by atoms with Gasteiger partial charge in [0, 0.05) is 28.5 Å². The van der Waals surface area contributed by atoms with E-state index in [0.29, 0.717) is 10.5 Å². The standard InChI is InChI=1S/C17H13BrN2O3S2/c18-13-3-1-2-11(8-13)9-14-16(22)20(17(23)25-14)6-5-19-15(21)12-4-7-24-10-12/h1-4,7-10H,5-6H2,(H,19,21)/b14-9-. The van der Waals surface area contributed by atoms with Crippen molar-refractivity contribution in [3.63, 3.8) is 0 Å². The van der Waals surface area contributed by atoms with Crippen molar-refractivity contribution in [3.8, 4) is 0 Å². The Labute approximate surface area is 161 Å². The summed E-state index contributed by atoms with van der Waals surface area (Å²) in [5.41, 5.74) is 1.42. The van der Waals surface area contributed by atoms with Crippen molar-refractivity contribution in [1.29, 1.82) is 0 Å². The minimum Gasteiger partial charge on any atom is -0.350 e. The first-order valence-electron chi connectivity index (χ1n) is 7.36. The van der Waals surface area contributed by atoms with Gasteiger partial charge in [-0.25, -0.2) is 0 Å². The summed E-state index contributed by atoms with van der Waals surface area (Å²) in [5.74, 6) is -0.544. The zero-order valence-corrected chi connectivity index (χ0v) is 16.1. The summed E-state index contributed by atoms with van der Waals surface area (Å²) in [5, 5.41) is 5.95. The van der Waals surface area contributed by atoms with Gasteiger partial charge in [0.25, 0.3) is 17.1 Å². The minimum atomic E-state index is -0.334. The monoisotopic (exact) mass is 436 g/mol. The molecule has 8 heteroatoms. The molecule has 1 N–H and O–H groups in total. The number of imide groups is 1. The molecule has 1 aromatic carbocycles. The number of thiophene rings is 1. The third kappa shape index (κ3) is 4.39. The molecule has 1 aliphatic heterocycles. The van der Waals surface area contributed by atoms with E-state index in [0.717, 1.165) is 26.7 Å². The Hall–Kier alpha value is -1.90. The van der Waals surface area contributed by atoms with Crippen LogP contribution < -0.4 is 5.32 Å². The Morgan fingerprint density at radius 2 is 2.12 bits per heavy atom. The fourth-order valence-corrected chi connectivity index (χ4v) is 4.14. The summed E-state index contributed by atoms with van der Waals surface area (Å²) in [7, 11) is 0. The molecular formula is C17H13BrN2O3S2. The van der Waals surface area contributed by atoms with Gasteiger partial charge in [0.2, 0.25) is 0 Å². The van der Waals surface area contributed by atoms with Crippen LogP contribution in [0.2, 0.25) is 0 Å².